The zero-order valence-electron chi connectivity index (χ0n) is 13.1. The van der Waals surface area contributed by atoms with Gasteiger partial charge in [-0.15, -0.1) is 11.3 Å². The van der Waals surface area contributed by atoms with E-state index in [2.05, 4.69) is 51.5 Å². The van der Waals surface area contributed by atoms with E-state index in [9.17, 15) is 4.79 Å². The van der Waals surface area contributed by atoms with Gasteiger partial charge in [0.05, 0.1) is 16.7 Å². The molecule has 120 valence electrons. The summed E-state index contributed by atoms with van der Waals surface area (Å²) in [7, 11) is 0. The van der Waals surface area contributed by atoms with Crippen molar-refractivity contribution in [2.45, 2.75) is 13.5 Å². The number of fused-ring (bicyclic) bond motifs is 1. The SMILES string of the molecule is Cc1ccc(CNc2nc(-c3ccc4[nH]c(=O)[nH]c4c3)cs2)cc1. The molecule has 0 atom stereocenters. The zero-order chi connectivity index (χ0) is 16.5. The number of aryl methyl sites for hydroxylation is 1. The Labute approximate surface area is 142 Å². The molecule has 0 aliphatic rings. The third-order valence-corrected chi connectivity index (χ3v) is 4.68. The van der Waals surface area contributed by atoms with E-state index in [1.54, 1.807) is 11.3 Å². The topological polar surface area (TPSA) is 73.6 Å². The molecule has 4 aromatic rings. The molecule has 0 amide bonds. The number of benzene rings is 2. The van der Waals surface area contributed by atoms with E-state index >= 15 is 0 Å². The van der Waals surface area contributed by atoms with E-state index in [1.165, 1.54) is 11.1 Å². The summed E-state index contributed by atoms with van der Waals surface area (Å²) in [5.41, 5.74) is 5.77. The van der Waals surface area contributed by atoms with Crippen LogP contribution in [0.15, 0.2) is 52.6 Å². The van der Waals surface area contributed by atoms with Gasteiger partial charge in [0.2, 0.25) is 0 Å². The first-order valence-electron chi connectivity index (χ1n) is 7.65. The minimum Gasteiger partial charge on any atom is -0.357 e. The van der Waals surface area contributed by atoms with Crippen molar-refractivity contribution < 1.29 is 0 Å². The lowest BCUT2D eigenvalue weighted by atomic mass is 10.1. The van der Waals surface area contributed by atoms with Crippen LogP contribution in [-0.4, -0.2) is 15.0 Å². The number of thiazole rings is 1. The molecule has 0 bridgehead atoms. The highest BCUT2D eigenvalue weighted by Gasteiger charge is 2.07. The van der Waals surface area contributed by atoms with Crippen LogP contribution in [-0.2, 0) is 6.54 Å². The number of aromatic amines is 2. The third-order valence-electron chi connectivity index (χ3n) is 3.88. The molecule has 4 rings (SSSR count). The zero-order valence-corrected chi connectivity index (χ0v) is 13.9. The number of rotatable bonds is 4. The quantitative estimate of drug-likeness (QED) is 0.529. The molecule has 0 unspecified atom stereocenters. The maximum Gasteiger partial charge on any atom is 0.323 e. The Morgan fingerprint density at radius 1 is 1.08 bits per heavy atom. The second kappa shape index (κ2) is 5.98. The average Bonchev–Trinajstić information content (AvgIpc) is 3.19. The van der Waals surface area contributed by atoms with Crippen LogP contribution in [0.1, 0.15) is 11.1 Å². The fraction of sp³-hybridized carbons (Fsp3) is 0.111. The number of nitrogens with one attached hydrogen (secondary N) is 3. The van der Waals surface area contributed by atoms with Gasteiger partial charge in [-0.3, -0.25) is 0 Å². The fourth-order valence-electron chi connectivity index (χ4n) is 2.56. The Bertz CT molecular complexity index is 1040. The minimum absolute atomic E-state index is 0.194. The molecule has 6 heteroatoms. The minimum atomic E-state index is -0.194. The van der Waals surface area contributed by atoms with Crippen molar-refractivity contribution in [3.8, 4) is 11.3 Å². The van der Waals surface area contributed by atoms with Gasteiger partial charge in [0.15, 0.2) is 5.13 Å². The van der Waals surface area contributed by atoms with Crippen LogP contribution in [0.3, 0.4) is 0 Å². The van der Waals surface area contributed by atoms with Gasteiger partial charge in [-0.1, -0.05) is 35.9 Å². The maximum atomic E-state index is 11.3. The first-order chi connectivity index (χ1) is 11.7. The lowest BCUT2D eigenvalue weighted by Crippen LogP contribution is -1.99. The summed E-state index contributed by atoms with van der Waals surface area (Å²) in [6.07, 6.45) is 0. The number of H-pyrrole nitrogens is 2. The van der Waals surface area contributed by atoms with Crippen LogP contribution in [0.2, 0.25) is 0 Å². The highest BCUT2D eigenvalue weighted by molar-refractivity contribution is 7.14. The molecule has 5 nitrogen and oxygen atoms in total. The van der Waals surface area contributed by atoms with E-state index in [0.29, 0.717) is 0 Å². The molecule has 0 aliphatic carbocycles. The number of nitrogens with zero attached hydrogens (tertiary/aromatic N) is 1. The monoisotopic (exact) mass is 336 g/mol. The predicted octanol–water partition coefficient (Wildman–Crippen LogP) is 3.90. The largest absolute Gasteiger partial charge is 0.357 e. The van der Waals surface area contributed by atoms with Crippen LogP contribution in [0, 0.1) is 6.92 Å². The van der Waals surface area contributed by atoms with Crippen LogP contribution in [0.4, 0.5) is 5.13 Å². The Hall–Kier alpha value is -2.86. The van der Waals surface area contributed by atoms with Crippen LogP contribution in [0.25, 0.3) is 22.3 Å². The maximum absolute atomic E-state index is 11.3. The summed E-state index contributed by atoms with van der Waals surface area (Å²) >= 11 is 1.58. The van der Waals surface area contributed by atoms with Crippen molar-refractivity contribution in [2.24, 2.45) is 0 Å². The van der Waals surface area contributed by atoms with Crippen molar-refractivity contribution in [3.05, 3.63) is 69.5 Å². The third kappa shape index (κ3) is 2.96. The summed E-state index contributed by atoms with van der Waals surface area (Å²) in [6.45, 7) is 2.83. The second-order valence-electron chi connectivity index (χ2n) is 5.72. The van der Waals surface area contributed by atoms with Crippen molar-refractivity contribution >= 4 is 27.5 Å². The Morgan fingerprint density at radius 3 is 2.71 bits per heavy atom. The molecular formula is C18H16N4OS. The van der Waals surface area contributed by atoms with E-state index in [1.807, 2.05) is 23.6 Å². The molecule has 0 saturated heterocycles. The molecule has 2 aromatic heterocycles. The highest BCUT2D eigenvalue weighted by atomic mass is 32.1. The Kier molecular flexibility index (Phi) is 3.66. The van der Waals surface area contributed by atoms with Gasteiger partial charge in [-0.25, -0.2) is 9.78 Å². The van der Waals surface area contributed by atoms with Gasteiger partial charge in [-0.2, -0.15) is 0 Å². The number of imidazole rings is 1. The van der Waals surface area contributed by atoms with Crippen LogP contribution < -0.4 is 11.0 Å². The van der Waals surface area contributed by atoms with Gasteiger partial charge in [0.1, 0.15) is 0 Å². The first kappa shape index (κ1) is 14.7. The number of anilines is 1. The van der Waals surface area contributed by atoms with E-state index in [0.717, 1.165) is 34.0 Å². The van der Waals surface area contributed by atoms with Gasteiger partial charge < -0.3 is 15.3 Å². The number of hydrogen-bond donors (Lipinski definition) is 3. The molecular weight excluding hydrogens is 320 g/mol. The molecule has 0 fully saturated rings. The van der Waals surface area contributed by atoms with Crippen LogP contribution >= 0.6 is 11.3 Å². The predicted molar refractivity (Wildman–Crippen MR) is 98.5 cm³/mol. The second-order valence-corrected chi connectivity index (χ2v) is 6.57. The number of aromatic nitrogens is 3. The fourth-order valence-corrected chi connectivity index (χ4v) is 3.28. The first-order valence-corrected chi connectivity index (χ1v) is 8.53. The van der Waals surface area contributed by atoms with Crippen molar-refractivity contribution in [3.63, 3.8) is 0 Å². The van der Waals surface area contributed by atoms with Crippen molar-refractivity contribution in [1.29, 1.82) is 0 Å². The molecule has 0 aliphatic heterocycles. The molecule has 0 spiro atoms. The molecule has 0 saturated carbocycles. The Morgan fingerprint density at radius 2 is 1.88 bits per heavy atom. The van der Waals surface area contributed by atoms with E-state index in [-0.39, 0.29) is 5.69 Å². The Balaban J connectivity index is 1.52. The molecule has 2 aromatic carbocycles. The summed E-state index contributed by atoms with van der Waals surface area (Å²) < 4.78 is 0. The molecule has 2 heterocycles. The highest BCUT2D eigenvalue weighted by Crippen LogP contribution is 2.26. The number of hydrogen-bond acceptors (Lipinski definition) is 4. The summed E-state index contributed by atoms with van der Waals surface area (Å²) in [4.78, 5) is 21.5. The lowest BCUT2D eigenvalue weighted by Gasteiger charge is -2.03. The molecule has 3 N–H and O–H groups in total. The van der Waals surface area contributed by atoms with Gasteiger partial charge in [0.25, 0.3) is 0 Å². The summed E-state index contributed by atoms with van der Waals surface area (Å²) in [6, 6.07) is 14.2. The normalized spacial score (nSPS) is 11.0. The van der Waals surface area contributed by atoms with Crippen molar-refractivity contribution in [1.82, 2.24) is 15.0 Å². The standard InChI is InChI=1S/C18H16N4OS/c1-11-2-4-12(5-3-11)9-19-18-22-16(10-24-18)13-6-7-14-15(8-13)21-17(23)20-14/h2-8,10H,9H2,1H3,(H,19,22)(H2,20,21,23). The average molecular weight is 336 g/mol. The van der Waals surface area contributed by atoms with Gasteiger partial charge in [-0.05, 0) is 24.6 Å². The lowest BCUT2D eigenvalue weighted by molar-refractivity contribution is 1.13. The molecule has 24 heavy (non-hydrogen) atoms. The van der Waals surface area contributed by atoms with E-state index < -0.39 is 0 Å². The van der Waals surface area contributed by atoms with Gasteiger partial charge in [0, 0.05) is 17.5 Å². The van der Waals surface area contributed by atoms with Gasteiger partial charge >= 0.3 is 5.69 Å². The summed E-state index contributed by atoms with van der Waals surface area (Å²) in [5, 5.41) is 6.26. The van der Waals surface area contributed by atoms with E-state index in [4.69, 9.17) is 0 Å². The smallest absolute Gasteiger partial charge is 0.323 e. The van der Waals surface area contributed by atoms with Crippen molar-refractivity contribution in [2.75, 3.05) is 5.32 Å². The van der Waals surface area contributed by atoms with Crippen LogP contribution in [0.5, 0.6) is 0 Å². The molecule has 0 radical (unpaired) electrons. The summed E-state index contributed by atoms with van der Waals surface area (Å²) in [5.74, 6) is 0.